The molecule has 0 bridgehead atoms. The molecule has 2 fully saturated rings. The molecule has 5 N–H and O–H groups in total. The van der Waals surface area contributed by atoms with E-state index in [2.05, 4.69) is 33.5 Å². The second-order valence-electron chi connectivity index (χ2n) is 11.4. The fourth-order valence-corrected chi connectivity index (χ4v) is 6.73. The normalized spacial score (nSPS) is 31.3. The standard InChI is InChI=1S/C28H42F3N5O/c1-28(19-7-5-3-4-6-8-19)16-22(32-2)35-27(36-28)34-21-15-18-12-14-37-25(18)23(24(21)29)17-9-10-20(26(30)31)33-13-11-17/h11,15,19-20,22,26-27,32-36H,3-10,12-14,16H2,1-2H3/t20-,22?,27?,28?/m1/s1. The first kappa shape index (κ1) is 26.8. The van der Waals surface area contributed by atoms with Crippen molar-refractivity contribution in [2.75, 3.05) is 25.5 Å². The largest absolute Gasteiger partial charge is 0.492 e. The minimum absolute atomic E-state index is 0.0835. The lowest BCUT2D eigenvalue weighted by atomic mass is 9.76. The highest BCUT2D eigenvalue weighted by molar-refractivity contribution is 5.77. The second kappa shape index (κ2) is 11.5. The van der Waals surface area contributed by atoms with Gasteiger partial charge < -0.3 is 20.7 Å². The van der Waals surface area contributed by atoms with Crippen molar-refractivity contribution in [3.63, 3.8) is 0 Å². The van der Waals surface area contributed by atoms with Gasteiger partial charge in [-0.15, -0.1) is 0 Å². The van der Waals surface area contributed by atoms with Gasteiger partial charge in [-0.3, -0.25) is 10.6 Å². The van der Waals surface area contributed by atoms with Crippen LogP contribution in [0.5, 0.6) is 5.75 Å². The van der Waals surface area contributed by atoms with E-state index in [1.54, 1.807) is 0 Å². The molecule has 0 aromatic heterocycles. The van der Waals surface area contributed by atoms with Crippen molar-refractivity contribution in [1.82, 2.24) is 21.3 Å². The van der Waals surface area contributed by atoms with E-state index in [4.69, 9.17) is 4.74 Å². The highest BCUT2D eigenvalue weighted by Gasteiger charge is 2.42. The van der Waals surface area contributed by atoms with Crippen LogP contribution in [0, 0.1) is 11.7 Å². The zero-order valence-electron chi connectivity index (χ0n) is 22.1. The molecule has 3 unspecified atom stereocenters. The van der Waals surface area contributed by atoms with E-state index in [-0.39, 0.29) is 36.8 Å². The average molecular weight is 522 g/mol. The van der Waals surface area contributed by atoms with Gasteiger partial charge in [0.05, 0.1) is 30.1 Å². The summed E-state index contributed by atoms with van der Waals surface area (Å²) >= 11 is 0. The molecule has 0 amide bonds. The van der Waals surface area contributed by atoms with Crippen molar-refractivity contribution >= 4 is 11.3 Å². The van der Waals surface area contributed by atoms with Crippen LogP contribution in [0.4, 0.5) is 18.9 Å². The van der Waals surface area contributed by atoms with Gasteiger partial charge in [-0.2, -0.15) is 0 Å². The molecule has 4 atom stereocenters. The Kier molecular flexibility index (Phi) is 8.34. The molecule has 5 rings (SSSR count). The number of hydrogen-bond donors (Lipinski definition) is 5. The summed E-state index contributed by atoms with van der Waals surface area (Å²) in [5, 5.41) is 17.0. The first-order chi connectivity index (χ1) is 17.9. The maximum absolute atomic E-state index is 16.2. The predicted molar refractivity (Wildman–Crippen MR) is 141 cm³/mol. The van der Waals surface area contributed by atoms with Crippen molar-refractivity contribution < 1.29 is 17.9 Å². The Hall–Kier alpha value is -1.81. The third-order valence-electron chi connectivity index (χ3n) is 8.86. The van der Waals surface area contributed by atoms with E-state index in [1.807, 2.05) is 19.2 Å². The van der Waals surface area contributed by atoms with Gasteiger partial charge in [0, 0.05) is 24.1 Å². The predicted octanol–water partition coefficient (Wildman–Crippen LogP) is 4.71. The lowest BCUT2D eigenvalue weighted by molar-refractivity contribution is 0.0974. The number of allylic oxidation sites excluding steroid dienone is 1. The Bertz CT molecular complexity index is 981. The molecule has 4 aliphatic rings. The summed E-state index contributed by atoms with van der Waals surface area (Å²) in [6, 6.07) is 0.969. The summed E-state index contributed by atoms with van der Waals surface area (Å²) in [7, 11) is 1.96. The van der Waals surface area contributed by atoms with Crippen LogP contribution in [0.25, 0.3) is 5.57 Å². The minimum Gasteiger partial charge on any atom is -0.492 e. The zero-order valence-corrected chi connectivity index (χ0v) is 22.1. The van der Waals surface area contributed by atoms with Crippen molar-refractivity contribution in [1.29, 1.82) is 0 Å². The van der Waals surface area contributed by atoms with Crippen LogP contribution in [0.15, 0.2) is 12.1 Å². The summed E-state index contributed by atoms with van der Waals surface area (Å²) < 4.78 is 48.7. The fourth-order valence-electron chi connectivity index (χ4n) is 6.73. The van der Waals surface area contributed by atoms with Crippen molar-refractivity contribution in [3.05, 3.63) is 29.1 Å². The Labute approximate surface area is 218 Å². The van der Waals surface area contributed by atoms with Crippen molar-refractivity contribution in [3.8, 4) is 5.75 Å². The van der Waals surface area contributed by atoms with Crippen LogP contribution < -0.4 is 31.3 Å². The topological polar surface area (TPSA) is 69.4 Å². The van der Waals surface area contributed by atoms with Crippen LogP contribution in [-0.2, 0) is 6.42 Å². The molecule has 1 aliphatic carbocycles. The molecule has 1 saturated carbocycles. The van der Waals surface area contributed by atoms with Gasteiger partial charge in [-0.25, -0.2) is 13.2 Å². The van der Waals surface area contributed by atoms with Gasteiger partial charge in [-0.05, 0) is 63.6 Å². The molecule has 1 aromatic rings. The Balaban J connectivity index is 1.41. The molecule has 37 heavy (non-hydrogen) atoms. The van der Waals surface area contributed by atoms with E-state index >= 15 is 4.39 Å². The first-order valence-corrected chi connectivity index (χ1v) is 14.0. The number of halogens is 3. The van der Waals surface area contributed by atoms with Gasteiger partial charge in [0.2, 0.25) is 0 Å². The van der Waals surface area contributed by atoms with Crippen LogP contribution in [0.2, 0.25) is 0 Å². The van der Waals surface area contributed by atoms with Crippen LogP contribution >= 0.6 is 0 Å². The summed E-state index contributed by atoms with van der Waals surface area (Å²) in [5.74, 6) is 0.747. The molecule has 0 spiro atoms. The number of alkyl halides is 2. The summed E-state index contributed by atoms with van der Waals surface area (Å²) in [6.45, 7) is 3.09. The van der Waals surface area contributed by atoms with E-state index in [0.717, 1.165) is 17.6 Å². The quantitative estimate of drug-likeness (QED) is 0.349. The summed E-state index contributed by atoms with van der Waals surface area (Å²) in [6.07, 6.45) is 8.99. The van der Waals surface area contributed by atoms with Crippen LogP contribution in [0.3, 0.4) is 0 Å². The van der Waals surface area contributed by atoms with Gasteiger partial charge in [0.15, 0.2) is 5.82 Å². The molecule has 9 heteroatoms. The second-order valence-corrected chi connectivity index (χ2v) is 11.4. The molecule has 1 saturated heterocycles. The minimum atomic E-state index is -2.45. The smallest absolute Gasteiger partial charge is 0.253 e. The first-order valence-electron chi connectivity index (χ1n) is 14.0. The highest BCUT2D eigenvalue weighted by Crippen LogP contribution is 2.42. The Morgan fingerprint density at radius 3 is 2.62 bits per heavy atom. The number of ether oxygens (including phenoxy) is 1. The maximum Gasteiger partial charge on any atom is 0.253 e. The third kappa shape index (κ3) is 5.79. The van der Waals surface area contributed by atoms with Crippen LogP contribution in [-0.4, -0.2) is 50.7 Å². The third-order valence-corrected chi connectivity index (χ3v) is 8.86. The maximum atomic E-state index is 16.2. The SMILES string of the molecule is CNC1CC(C)(C2CCCCCC2)NC(Nc2cc3c(c(C4=CCN[C@@H](C(F)F)CC4)c2F)OCC3)N1. The van der Waals surface area contributed by atoms with E-state index in [0.29, 0.717) is 42.4 Å². The molecule has 0 radical (unpaired) electrons. The van der Waals surface area contributed by atoms with Gasteiger partial charge >= 0.3 is 0 Å². The van der Waals surface area contributed by atoms with Crippen LogP contribution in [0.1, 0.15) is 75.8 Å². The van der Waals surface area contributed by atoms with Gasteiger partial charge in [0.25, 0.3) is 6.43 Å². The molecule has 3 aliphatic heterocycles. The molecule has 6 nitrogen and oxygen atoms in total. The van der Waals surface area contributed by atoms with Gasteiger partial charge in [-0.1, -0.05) is 31.8 Å². The van der Waals surface area contributed by atoms with E-state index < -0.39 is 12.5 Å². The number of fused-ring (bicyclic) bond motifs is 1. The molecular weight excluding hydrogens is 479 g/mol. The number of benzene rings is 1. The Morgan fingerprint density at radius 1 is 1.11 bits per heavy atom. The van der Waals surface area contributed by atoms with Gasteiger partial charge in [0.1, 0.15) is 12.0 Å². The summed E-state index contributed by atoms with van der Waals surface area (Å²) in [5.41, 5.74) is 2.43. The number of anilines is 1. The summed E-state index contributed by atoms with van der Waals surface area (Å²) in [4.78, 5) is 0. The van der Waals surface area contributed by atoms with E-state index in [9.17, 15) is 8.78 Å². The molecule has 1 aromatic carbocycles. The average Bonchev–Trinajstić information content (AvgIpc) is 3.06. The monoisotopic (exact) mass is 521 g/mol. The highest BCUT2D eigenvalue weighted by atomic mass is 19.3. The number of rotatable bonds is 6. The van der Waals surface area contributed by atoms with E-state index in [1.165, 1.54) is 38.5 Å². The molecule has 206 valence electrons. The van der Waals surface area contributed by atoms with Crippen molar-refractivity contribution in [2.24, 2.45) is 5.92 Å². The lowest BCUT2D eigenvalue weighted by Crippen LogP contribution is -2.70. The van der Waals surface area contributed by atoms with Crippen molar-refractivity contribution in [2.45, 2.75) is 102 Å². The Morgan fingerprint density at radius 2 is 1.89 bits per heavy atom. The molecule has 3 heterocycles. The lowest BCUT2D eigenvalue weighted by Gasteiger charge is -2.49. The number of hydrogen-bond acceptors (Lipinski definition) is 6. The fraction of sp³-hybridized carbons (Fsp3) is 0.714. The zero-order chi connectivity index (χ0) is 26.0. The molecular formula is C28H42F3N5O. The number of nitrogens with one attached hydrogen (secondary N) is 5.